The van der Waals surface area contributed by atoms with Crippen LogP contribution in [0.25, 0.3) is 0 Å². The SMILES string of the molecule is CCC(C)ON1CCCC1=O. The third kappa shape index (κ3) is 2.19. The lowest BCUT2D eigenvalue weighted by molar-refractivity contribution is -0.194. The second kappa shape index (κ2) is 3.72. The molecule has 0 aromatic heterocycles. The van der Waals surface area contributed by atoms with Crippen LogP contribution in [0.5, 0.6) is 0 Å². The molecule has 0 aromatic rings. The first-order valence-corrected chi connectivity index (χ1v) is 4.21. The predicted molar refractivity (Wildman–Crippen MR) is 41.8 cm³/mol. The van der Waals surface area contributed by atoms with Crippen LogP contribution in [0.15, 0.2) is 0 Å². The summed E-state index contributed by atoms with van der Waals surface area (Å²) in [6.07, 6.45) is 2.70. The minimum atomic E-state index is 0.130. The van der Waals surface area contributed by atoms with Gasteiger partial charge >= 0.3 is 0 Å². The third-order valence-electron chi connectivity index (χ3n) is 1.91. The van der Waals surface area contributed by atoms with E-state index in [2.05, 4.69) is 0 Å². The lowest BCUT2D eigenvalue weighted by Crippen LogP contribution is -2.29. The van der Waals surface area contributed by atoms with Crippen molar-refractivity contribution in [1.82, 2.24) is 5.06 Å². The average molecular weight is 157 g/mol. The molecule has 1 heterocycles. The van der Waals surface area contributed by atoms with Crippen molar-refractivity contribution in [2.24, 2.45) is 0 Å². The Kier molecular flexibility index (Phi) is 2.88. The van der Waals surface area contributed by atoms with Gasteiger partial charge in [0.25, 0.3) is 0 Å². The summed E-state index contributed by atoms with van der Waals surface area (Å²) in [4.78, 5) is 16.4. The van der Waals surface area contributed by atoms with Gasteiger partial charge in [-0.25, -0.2) is 5.06 Å². The fourth-order valence-electron chi connectivity index (χ4n) is 1.03. The van der Waals surface area contributed by atoms with Gasteiger partial charge in [-0.05, 0) is 19.8 Å². The number of nitrogens with zero attached hydrogens (tertiary/aromatic N) is 1. The third-order valence-corrected chi connectivity index (χ3v) is 1.91. The first-order valence-electron chi connectivity index (χ1n) is 4.21. The van der Waals surface area contributed by atoms with E-state index in [-0.39, 0.29) is 12.0 Å². The summed E-state index contributed by atoms with van der Waals surface area (Å²) in [5.74, 6) is 0.130. The van der Waals surface area contributed by atoms with Crippen LogP contribution >= 0.6 is 0 Å². The van der Waals surface area contributed by atoms with Gasteiger partial charge in [0.05, 0.1) is 6.10 Å². The van der Waals surface area contributed by atoms with Gasteiger partial charge in [-0.15, -0.1) is 0 Å². The molecule has 1 atom stereocenters. The number of hydroxylamine groups is 2. The molecular formula is C8H15NO2. The Bertz CT molecular complexity index is 147. The molecule has 64 valence electrons. The number of carbonyl (C=O) groups excluding carboxylic acids is 1. The molecule has 0 N–H and O–H groups in total. The first kappa shape index (κ1) is 8.53. The van der Waals surface area contributed by atoms with E-state index < -0.39 is 0 Å². The highest BCUT2D eigenvalue weighted by Gasteiger charge is 2.22. The van der Waals surface area contributed by atoms with Crippen LogP contribution in [0.2, 0.25) is 0 Å². The molecule has 1 saturated heterocycles. The molecular weight excluding hydrogens is 142 g/mol. The van der Waals surface area contributed by atoms with Crippen LogP contribution < -0.4 is 0 Å². The van der Waals surface area contributed by atoms with E-state index in [0.29, 0.717) is 6.42 Å². The van der Waals surface area contributed by atoms with Crippen LogP contribution in [0, 0.1) is 0 Å². The van der Waals surface area contributed by atoms with Crippen LogP contribution in [0.4, 0.5) is 0 Å². The van der Waals surface area contributed by atoms with Crippen LogP contribution in [0.1, 0.15) is 33.1 Å². The lowest BCUT2D eigenvalue weighted by atomic mass is 10.3. The molecule has 0 aromatic carbocycles. The standard InChI is InChI=1S/C8H15NO2/c1-3-7(2)11-9-6-4-5-8(9)10/h7H,3-6H2,1-2H3. The molecule has 0 spiro atoms. The molecule has 3 nitrogen and oxygen atoms in total. The van der Waals surface area contributed by atoms with Crippen molar-refractivity contribution in [3.8, 4) is 0 Å². The first-order chi connectivity index (χ1) is 5.24. The highest BCUT2D eigenvalue weighted by atomic mass is 16.7. The smallest absolute Gasteiger partial charge is 0.246 e. The summed E-state index contributed by atoms with van der Waals surface area (Å²) in [5, 5.41) is 1.49. The zero-order valence-corrected chi connectivity index (χ0v) is 7.17. The van der Waals surface area contributed by atoms with Crippen LogP contribution in [0.3, 0.4) is 0 Å². The average Bonchev–Trinajstić information content (AvgIpc) is 2.37. The van der Waals surface area contributed by atoms with Gasteiger partial charge in [0, 0.05) is 13.0 Å². The number of carbonyl (C=O) groups is 1. The molecule has 0 bridgehead atoms. The summed E-state index contributed by atoms with van der Waals surface area (Å²) >= 11 is 0. The van der Waals surface area contributed by atoms with Crippen molar-refractivity contribution in [2.45, 2.75) is 39.2 Å². The molecule has 1 rings (SSSR count). The Balaban J connectivity index is 2.30. The van der Waals surface area contributed by atoms with Crippen LogP contribution in [-0.4, -0.2) is 23.6 Å². The normalized spacial score (nSPS) is 20.9. The van der Waals surface area contributed by atoms with Crippen molar-refractivity contribution in [3.05, 3.63) is 0 Å². The molecule has 1 amide bonds. The van der Waals surface area contributed by atoms with Gasteiger partial charge in [-0.1, -0.05) is 6.92 Å². The van der Waals surface area contributed by atoms with E-state index in [1.807, 2.05) is 13.8 Å². The number of hydrogen-bond acceptors (Lipinski definition) is 2. The molecule has 1 aliphatic heterocycles. The number of rotatable bonds is 3. The van der Waals surface area contributed by atoms with E-state index in [0.717, 1.165) is 19.4 Å². The highest BCUT2D eigenvalue weighted by molar-refractivity contribution is 5.76. The highest BCUT2D eigenvalue weighted by Crippen LogP contribution is 2.12. The minimum Gasteiger partial charge on any atom is -0.273 e. The van der Waals surface area contributed by atoms with Crippen LogP contribution in [-0.2, 0) is 9.63 Å². The lowest BCUT2D eigenvalue weighted by Gasteiger charge is -2.19. The summed E-state index contributed by atoms with van der Waals surface area (Å²) in [6.45, 7) is 4.79. The van der Waals surface area contributed by atoms with Gasteiger partial charge in [-0.2, -0.15) is 0 Å². The summed E-state index contributed by atoms with van der Waals surface area (Å²) in [6, 6.07) is 0. The molecule has 0 radical (unpaired) electrons. The van der Waals surface area contributed by atoms with Gasteiger partial charge in [0.15, 0.2) is 0 Å². The molecule has 3 heteroatoms. The summed E-state index contributed by atoms with van der Waals surface area (Å²) < 4.78 is 0. The van der Waals surface area contributed by atoms with Crippen molar-refractivity contribution in [1.29, 1.82) is 0 Å². The Morgan fingerprint density at radius 2 is 2.45 bits per heavy atom. The molecule has 11 heavy (non-hydrogen) atoms. The van der Waals surface area contributed by atoms with E-state index in [1.165, 1.54) is 5.06 Å². The van der Waals surface area contributed by atoms with Gasteiger partial charge in [0.2, 0.25) is 5.91 Å². The fraction of sp³-hybridized carbons (Fsp3) is 0.875. The van der Waals surface area contributed by atoms with E-state index in [1.54, 1.807) is 0 Å². The Morgan fingerprint density at radius 3 is 2.91 bits per heavy atom. The Hall–Kier alpha value is -0.570. The summed E-state index contributed by atoms with van der Waals surface area (Å²) in [5.41, 5.74) is 0. The Labute approximate surface area is 67.3 Å². The predicted octanol–water partition coefficient (Wildman–Crippen LogP) is 1.34. The second-order valence-electron chi connectivity index (χ2n) is 2.92. The maximum Gasteiger partial charge on any atom is 0.246 e. The molecule has 0 saturated carbocycles. The zero-order chi connectivity index (χ0) is 8.27. The largest absolute Gasteiger partial charge is 0.273 e. The van der Waals surface area contributed by atoms with Crippen molar-refractivity contribution in [3.63, 3.8) is 0 Å². The molecule has 0 aliphatic carbocycles. The quantitative estimate of drug-likeness (QED) is 0.618. The van der Waals surface area contributed by atoms with Crippen molar-refractivity contribution >= 4 is 5.91 Å². The maximum absolute atomic E-state index is 11.0. The maximum atomic E-state index is 11.0. The van der Waals surface area contributed by atoms with Gasteiger partial charge in [0.1, 0.15) is 0 Å². The molecule has 1 aliphatic rings. The van der Waals surface area contributed by atoms with Crippen molar-refractivity contribution < 1.29 is 9.63 Å². The van der Waals surface area contributed by atoms with Gasteiger partial charge in [-0.3, -0.25) is 9.63 Å². The number of hydrogen-bond donors (Lipinski definition) is 0. The monoisotopic (exact) mass is 157 g/mol. The van der Waals surface area contributed by atoms with Gasteiger partial charge < -0.3 is 0 Å². The van der Waals surface area contributed by atoms with E-state index in [4.69, 9.17) is 4.84 Å². The second-order valence-corrected chi connectivity index (χ2v) is 2.92. The van der Waals surface area contributed by atoms with Crippen molar-refractivity contribution in [2.75, 3.05) is 6.54 Å². The fourth-order valence-corrected chi connectivity index (χ4v) is 1.03. The minimum absolute atomic E-state index is 0.130. The topological polar surface area (TPSA) is 29.5 Å². The number of amides is 1. The molecule has 1 unspecified atom stereocenters. The summed E-state index contributed by atoms with van der Waals surface area (Å²) in [7, 11) is 0. The van der Waals surface area contributed by atoms with E-state index in [9.17, 15) is 4.79 Å². The zero-order valence-electron chi connectivity index (χ0n) is 7.17. The van der Waals surface area contributed by atoms with E-state index >= 15 is 0 Å². The molecule has 1 fully saturated rings. The Morgan fingerprint density at radius 1 is 1.73 bits per heavy atom.